The summed E-state index contributed by atoms with van der Waals surface area (Å²) < 4.78 is 24.0. The van der Waals surface area contributed by atoms with Gasteiger partial charge >= 0.3 is 5.97 Å². The molecule has 0 amide bonds. The minimum atomic E-state index is -3.55. The zero-order valence-electron chi connectivity index (χ0n) is 8.26. The molecule has 0 bridgehead atoms. The second-order valence-corrected chi connectivity index (χ2v) is 4.78. The number of rotatable bonds is 3. The Morgan fingerprint density at radius 1 is 1.50 bits per heavy atom. The molecule has 0 aliphatic carbocycles. The maximum absolute atomic E-state index is 11.0. The van der Waals surface area contributed by atoms with Crippen molar-refractivity contribution in [3.8, 4) is 0 Å². The Hall–Kier alpha value is -2.03. The van der Waals surface area contributed by atoms with Crippen LogP contribution in [-0.4, -0.2) is 30.7 Å². The summed E-state index contributed by atoms with van der Waals surface area (Å²) in [6, 6.07) is 1.02. The summed E-state index contributed by atoms with van der Waals surface area (Å²) in [4.78, 5) is 14.1. The van der Waals surface area contributed by atoms with Crippen LogP contribution in [0.4, 0.5) is 17.2 Å². The Morgan fingerprint density at radius 2 is 2.06 bits per heavy atom. The van der Waals surface area contributed by atoms with Crippen molar-refractivity contribution < 1.29 is 18.3 Å². The van der Waals surface area contributed by atoms with E-state index >= 15 is 0 Å². The number of aromatic carboxylic acids is 1. The van der Waals surface area contributed by atoms with Crippen LogP contribution in [0.2, 0.25) is 0 Å². The van der Waals surface area contributed by atoms with Crippen molar-refractivity contribution in [2.45, 2.75) is 0 Å². The van der Waals surface area contributed by atoms with Crippen molar-refractivity contribution in [3.63, 3.8) is 0 Å². The van der Waals surface area contributed by atoms with Gasteiger partial charge in [-0.1, -0.05) is 0 Å². The maximum atomic E-state index is 11.0. The second-order valence-electron chi connectivity index (χ2n) is 3.04. The third-order valence-corrected chi connectivity index (χ3v) is 2.16. The molecule has 0 saturated carbocycles. The SMILES string of the molecule is CS(=O)(=O)Nc1c(N)cc(C(=O)O)nc1N. The Kier molecular flexibility index (Phi) is 2.90. The Bertz CT molecular complexity index is 516. The van der Waals surface area contributed by atoms with Gasteiger partial charge in [-0.25, -0.2) is 18.2 Å². The molecule has 1 aromatic rings. The van der Waals surface area contributed by atoms with Crippen LogP contribution in [0.3, 0.4) is 0 Å². The van der Waals surface area contributed by atoms with Crippen LogP contribution in [0.1, 0.15) is 10.5 Å². The zero-order valence-corrected chi connectivity index (χ0v) is 9.08. The first kappa shape index (κ1) is 12.0. The number of nitrogens with zero attached hydrogens (tertiary/aromatic N) is 1. The Balaban J connectivity index is 3.28. The normalized spacial score (nSPS) is 11.1. The van der Waals surface area contributed by atoms with Crippen molar-refractivity contribution in [1.82, 2.24) is 4.98 Å². The fourth-order valence-electron chi connectivity index (χ4n) is 0.991. The van der Waals surface area contributed by atoms with Gasteiger partial charge in [0.25, 0.3) is 0 Å². The summed E-state index contributed by atoms with van der Waals surface area (Å²) in [7, 11) is -3.55. The first-order valence-corrected chi connectivity index (χ1v) is 5.87. The molecular weight excluding hydrogens is 236 g/mol. The van der Waals surface area contributed by atoms with Gasteiger partial charge in [-0.15, -0.1) is 0 Å². The van der Waals surface area contributed by atoms with Crippen LogP contribution in [0.25, 0.3) is 0 Å². The van der Waals surface area contributed by atoms with Crippen LogP contribution in [0, 0.1) is 0 Å². The second kappa shape index (κ2) is 3.85. The lowest BCUT2D eigenvalue weighted by Gasteiger charge is -2.10. The highest BCUT2D eigenvalue weighted by molar-refractivity contribution is 7.92. The summed E-state index contributed by atoms with van der Waals surface area (Å²) in [6.45, 7) is 0. The fraction of sp³-hybridized carbons (Fsp3) is 0.143. The third-order valence-electron chi connectivity index (χ3n) is 1.58. The summed E-state index contributed by atoms with van der Waals surface area (Å²) in [5.41, 5.74) is 10.3. The topological polar surface area (TPSA) is 148 Å². The van der Waals surface area contributed by atoms with E-state index in [2.05, 4.69) is 9.71 Å². The number of carbonyl (C=O) groups is 1. The minimum absolute atomic E-state index is 0.102. The van der Waals surface area contributed by atoms with E-state index in [1.165, 1.54) is 0 Å². The van der Waals surface area contributed by atoms with Crippen LogP contribution < -0.4 is 16.2 Å². The van der Waals surface area contributed by atoms with Crippen molar-refractivity contribution in [3.05, 3.63) is 11.8 Å². The van der Waals surface area contributed by atoms with E-state index in [-0.39, 0.29) is 22.9 Å². The predicted molar refractivity (Wildman–Crippen MR) is 58.5 cm³/mol. The Labute approximate surface area is 91.3 Å². The standard InChI is InChI=1S/C7H10N4O4S/c1-16(14,15)11-5-3(8)2-4(7(12)13)10-6(5)9/h2,11H,1H3,(H,12,13)(H4,8,9,10). The fourth-order valence-corrected chi connectivity index (χ4v) is 1.58. The highest BCUT2D eigenvalue weighted by Gasteiger charge is 2.15. The molecular formula is C7H10N4O4S. The van der Waals surface area contributed by atoms with E-state index in [0.717, 1.165) is 12.3 Å². The lowest BCUT2D eigenvalue weighted by molar-refractivity contribution is 0.0690. The summed E-state index contributed by atoms with van der Waals surface area (Å²) in [6.07, 6.45) is 0.914. The predicted octanol–water partition coefficient (Wildman–Crippen LogP) is -0.684. The first-order valence-electron chi connectivity index (χ1n) is 3.98. The maximum Gasteiger partial charge on any atom is 0.354 e. The van der Waals surface area contributed by atoms with E-state index in [0.29, 0.717) is 0 Å². The molecule has 1 heterocycles. The highest BCUT2D eigenvalue weighted by atomic mass is 32.2. The van der Waals surface area contributed by atoms with E-state index in [1.807, 2.05) is 0 Å². The zero-order chi connectivity index (χ0) is 12.5. The van der Waals surface area contributed by atoms with Gasteiger partial charge in [-0.2, -0.15) is 0 Å². The number of hydrogen-bond donors (Lipinski definition) is 4. The first-order chi connectivity index (χ1) is 7.20. The number of carboxylic acid groups (broad SMARTS) is 1. The summed E-state index contributed by atoms with van der Waals surface area (Å²) in [5, 5.41) is 8.64. The van der Waals surface area contributed by atoms with Gasteiger partial charge in [-0.3, -0.25) is 4.72 Å². The molecule has 0 aromatic carbocycles. The third kappa shape index (κ3) is 2.73. The van der Waals surface area contributed by atoms with Gasteiger partial charge in [0.2, 0.25) is 10.0 Å². The smallest absolute Gasteiger partial charge is 0.354 e. The lowest BCUT2D eigenvalue weighted by atomic mass is 10.3. The number of sulfonamides is 1. The molecule has 0 atom stereocenters. The van der Waals surface area contributed by atoms with Gasteiger partial charge in [0.05, 0.1) is 11.9 Å². The number of nitrogen functional groups attached to an aromatic ring is 2. The largest absolute Gasteiger partial charge is 0.477 e. The molecule has 0 spiro atoms. The molecule has 0 radical (unpaired) electrons. The number of nitrogens with two attached hydrogens (primary N) is 2. The summed E-state index contributed by atoms with van der Waals surface area (Å²) >= 11 is 0. The quantitative estimate of drug-likeness (QED) is 0.551. The molecule has 0 unspecified atom stereocenters. The number of anilines is 3. The van der Waals surface area contributed by atoms with Crippen molar-refractivity contribution in [2.24, 2.45) is 0 Å². The molecule has 9 heteroatoms. The molecule has 0 fully saturated rings. The Morgan fingerprint density at radius 3 is 2.44 bits per heavy atom. The number of aromatic nitrogens is 1. The molecule has 6 N–H and O–H groups in total. The van der Waals surface area contributed by atoms with Crippen molar-refractivity contribution in [2.75, 3.05) is 22.4 Å². The van der Waals surface area contributed by atoms with E-state index in [1.54, 1.807) is 0 Å². The number of nitrogens with one attached hydrogen (secondary N) is 1. The molecule has 16 heavy (non-hydrogen) atoms. The van der Waals surface area contributed by atoms with Gasteiger partial charge in [0.1, 0.15) is 5.69 Å². The monoisotopic (exact) mass is 246 g/mol. The van der Waals surface area contributed by atoms with Crippen molar-refractivity contribution in [1.29, 1.82) is 0 Å². The van der Waals surface area contributed by atoms with Crippen LogP contribution in [0.15, 0.2) is 6.07 Å². The van der Waals surface area contributed by atoms with Crippen LogP contribution in [0.5, 0.6) is 0 Å². The molecule has 0 aliphatic heterocycles. The minimum Gasteiger partial charge on any atom is -0.477 e. The molecule has 88 valence electrons. The van der Waals surface area contributed by atoms with Crippen molar-refractivity contribution >= 4 is 33.2 Å². The van der Waals surface area contributed by atoms with E-state index < -0.39 is 16.0 Å². The average Bonchev–Trinajstić information content (AvgIpc) is 2.09. The van der Waals surface area contributed by atoms with Crippen LogP contribution in [-0.2, 0) is 10.0 Å². The van der Waals surface area contributed by atoms with Gasteiger partial charge in [0.15, 0.2) is 11.5 Å². The van der Waals surface area contributed by atoms with Gasteiger partial charge < -0.3 is 16.6 Å². The van der Waals surface area contributed by atoms with Crippen LogP contribution >= 0.6 is 0 Å². The number of hydrogen-bond acceptors (Lipinski definition) is 6. The molecule has 0 saturated heterocycles. The van der Waals surface area contributed by atoms with Gasteiger partial charge in [-0.05, 0) is 6.07 Å². The molecule has 0 aliphatic rings. The van der Waals surface area contributed by atoms with E-state index in [4.69, 9.17) is 16.6 Å². The van der Waals surface area contributed by atoms with E-state index in [9.17, 15) is 13.2 Å². The molecule has 1 aromatic heterocycles. The lowest BCUT2D eigenvalue weighted by Crippen LogP contribution is -2.15. The highest BCUT2D eigenvalue weighted by Crippen LogP contribution is 2.25. The molecule has 8 nitrogen and oxygen atoms in total. The summed E-state index contributed by atoms with van der Waals surface area (Å²) in [5.74, 6) is -1.59. The van der Waals surface area contributed by atoms with Gasteiger partial charge in [0, 0.05) is 0 Å². The number of pyridine rings is 1. The number of carboxylic acids is 1. The average molecular weight is 246 g/mol. The molecule has 1 rings (SSSR count).